The van der Waals surface area contributed by atoms with Crippen molar-refractivity contribution in [3.63, 3.8) is 0 Å². The van der Waals surface area contributed by atoms with Crippen LogP contribution in [-0.2, 0) is 0 Å². The zero-order chi connectivity index (χ0) is 20.5. The van der Waals surface area contributed by atoms with E-state index in [2.05, 4.69) is 10.2 Å². The van der Waals surface area contributed by atoms with E-state index in [1.54, 1.807) is 23.4 Å². The summed E-state index contributed by atoms with van der Waals surface area (Å²) in [7, 11) is 1.62. The Kier molecular flexibility index (Phi) is 5.21. The van der Waals surface area contributed by atoms with Crippen LogP contribution in [-0.4, -0.2) is 32.0 Å². The smallest absolute Gasteiger partial charge is 0.267 e. The fraction of sp³-hybridized carbons (Fsp3) is 0.348. The zero-order valence-electron chi connectivity index (χ0n) is 17.0. The maximum Gasteiger partial charge on any atom is 0.267 e. The van der Waals surface area contributed by atoms with Crippen LogP contribution >= 0.6 is 11.8 Å². The molecule has 2 heterocycles. The Labute approximate surface area is 178 Å². The molecule has 30 heavy (non-hydrogen) atoms. The molecule has 0 saturated heterocycles. The first-order valence-corrected chi connectivity index (χ1v) is 11.4. The second-order valence-electron chi connectivity index (χ2n) is 7.79. The van der Waals surface area contributed by atoms with Gasteiger partial charge < -0.3 is 4.74 Å². The first kappa shape index (κ1) is 19.2. The second-order valence-corrected chi connectivity index (χ2v) is 8.78. The molecule has 0 unspecified atom stereocenters. The number of fused-ring (bicyclic) bond motifs is 3. The van der Waals surface area contributed by atoms with E-state index in [0.717, 1.165) is 22.3 Å². The van der Waals surface area contributed by atoms with E-state index in [1.165, 1.54) is 32.1 Å². The normalized spacial score (nSPS) is 15.1. The molecule has 2 aromatic carbocycles. The molecule has 1 aliphatic carbocycles. The number of benzene rings is 2. The van der Waals surface area contributed by atoms with E-state index in [4.69, 9.17) is 4.74 Å². The van der Waals surface area contributed by atoms with Gasteiger partial charge >= 0.3 is 0 Å². The molecule has 0 N–H and O–H groups in total. The van der Waals surface area contributed by atoms with Crippen LogP contribution < -0.4 is 10.3 Å². The predicted octanol–water partition coefficient (Wildman–Crippen LogP) is 4.71. The maximum absolute atomic E-state index is 13.4. The Morgan fingerprint density at radius 3 is 2.73 bits per heavy atom. The summed E-state index contributed by atoms with van der Waals surface area (Å²) in [6, 6.07) is 15.2. The maximum atomic E-state index is 13.4. The van der Waals surface area contributed by atoms with Gasteiger partial charge in [-0.05, 0) is 43.0 Å². The van der Waals surface area contributed by atoms with Crippen LogP contribution in [0.25, 0.3) is 22.4 Å². The molecule has 5 rings (SSSR count). The summed E-state index contributed by atoms with van der Waals surface area (Å²) >= 11 is 1.74. The summed E-state index contributed by atoms with van der Waals surface area (Å²) < 4.78 is 9.01. The van der Waals surface area contributed by atoms with Crippen LogP contribution in [0.15, 0.2) is 58.5 Å². The number of nitrogens with zero attached hydrogens (tertiary/aromatic N) is 4. The van der Waals surface area contributed by atoms with E-state index >= 15 is 0 Å². The number of para-hydroxylation sites is 1. The number of ether oxygens (including phenoxy) is 1. The van der Waals surface area contributed by atoms with Crippen LogP contribution in [0.2, 0.25) is 0 Å². The molecule has 2 aromatic heterocycles. The minimum absolute atomic E-state index is 0.109. The number of aromatic nitrogens is 4. The Hall–Kier alpha value is -2.80. The first-order valence-electron chi connectivity index (χ1n) is 10.4. The molecular weight excluding hydrogens is 396 g/mol. The van der Waals surface area contributed by atoms with Gasteiger partial charge in [-0.2, -0.15) is 0 Å². The van der Waals surface area contributed by atoms with Gasteiger partial charge in [-0.1, -0.05) is 49.2 Å². The lowest BCUT2D eigenvalue weighted by Gasteiger charge is -2.20. The number of hydrogen-bond acceptors (Lipinski definition) is 5. The average molecular weight is 421 g/mol. The lowest BCUT2D eigenvalue weighted by atomic mass is 9.91. The quantitative estimate of drug-likeness (QED) is 0.438. The van der Waals surface area contributed by atoms with Crippen molar-refractivity contribution in [1.82, 2.24) is 19.2 Å². The van der Waals surface area contributed by atoms with Gasteiger partial charge in [0.25, 0.3) is 5.56 Å². The van der Waals surface area contributed by atoms with Crippen molar-refractivity contribution in [3.8, 4) is 11.4 Å². The van der Waals surface area contributed by atoms with Crippen LogP contribution in [0.3, 0.4) is 0 Å². The minimum Gasteiger partial charge on any atom is -0.497 e. The zero-order valence-corrected chi connectivity index (χ0v) is 17.8. The van der Waals surface area contributed by atoms with Crippen LogP contribution in [0.1, 0.15) is 32.1 Å². The van der Waals surface area contributed by atoms with Crippen molar-refractivity contribution in [2.24, 2.45) is 5.92 Å². The Bertz CT molecular complexity index is 1260. The van der Waals surface area contributed by atoms with Crippen LogP contribution in [0, 0.1) is 5.92 Å². The van der Waals surface area contributed by atoms with E-state index < -0.39 is 0 Å². The molecule has 6 nitrogen and oxygen atoms in total. The van der Waals surface area contributed by atoms with Gasteiger partial charge in [0, 0.05) is 11.8 Å². The van der Waals surface area contributed by atoms with Gasteiger partial charge in [-0.15, -0.1) is 10.2 Å². The highest BCUT2D eigenvalue weighted by Gasteiger charge is 2.20. The fourth-order valence-electron chi connectivity index (χ4n) is 4.30. The largest absolute Gasteiger partial charge is 0.497 e. The van der Waals surface area contributed by atoms with Gasteiger partial charge in [0.15, 0.2) is 5.16 Å². The Morgan fingerprint density at radius 1 is 1.07 bits per heavy atom. The van der Waals surface area contributed by atoms with Crippen molar-refractivity contribution < 1.29 is 4.74 Å². The van der Waals surface area contributed by atoms with Crippen molar-refractivity contribution in [2.75, 3.05) is 12.9 Å². The topological polar surface area (TPSA) is 61.4 Å². The highest BCUT2D eigenvalue weighted by molar-refractivity contribution is 7.99. The molecule has 0 radical (unpaired) electrons. The lowest BCUT2D eigenvalue weighted by molar-refractivity contribution is 0.390. The van der Waals surface area contributed by atoms with Gasteiger partial charge in [-0.3, -0.25) is 9.20 Å². The summed E-state index contributed by atoms with van der Waals surface area (Å²) in [6.07, 6.45) is 6.58. The molecule has 0 spiro atoms. The van der Waals surface area contributed by atoms with Gasteiger partial charge in [0.05, 0.1) is 23.7 Å². The summed E-state index contributed by atoms with van der Waals surface area (Å²) in [5.74, 6) is 2.98. The summed E-state index contributed by atoms with van der Waals surface area (Å²) in [4.78, 5) is 13.4. The summed E-state index contributed by atoms with van der Waals surface area (Å²) in [5.41, 5.74) is 1.45. The van der Waals surface area contributed by atoms with Crippen LogP contribution in [0.4, 0.5) is 0 Å². The van der Waals surface area contributed by atoms with E-state index in [0.29, 0.717) is 22.6 Å². The molecule has 1 fully saturated rings. The SMILES string of the molecule is COc1cccc(-n2c(=O)c3ccccc3n3c(SCC4CCCCC4)nnc23)c1. The summed E-state index contributed by atoms with van der Waals surface area (Å²) in [6.45, 7) is 0. The number of rotatable bonds is 5. The number of thioether (sulfide) groups is 1. The lowest BCUT2D eigenvalue weighted by Crippen LogP contribution is -2.22. The minimum atomic E-state index is -0.109. The highest BCUT2D eigenvalue weighted by Crippen LogP contribution is 2.30. The molecule has 1 aliphatic rings. The average Bonchev–Trinajstić information content (AvgIpc) is 3.22. The van der Waals surface area contributed by atoms with Crippen molar-refractivity contribution in [2.45, 2.75) is 37.3 Å². The van der Waals surface area contributed by atoms with Crippen molar-refractivity contribution in [3.05, 3.63) is 58.9 Å². The molecule has 0 aliphatic heterocycles. The molecule has 0 bridgehead atoms. The predicted molar refractivity (Wildman–Crippen MR) is 120 cm³/mol. The molecule has 0 amide bonds. The molecular formula is C23H24N4O2S. The van der Waals surface area contributed by atoms with E-state index in [1.807, 2.05) is 52.9 Å². The third kappa shape index (κ3) is 3.37. The molecule has 1 saturated carbocycles. The molecule has 154 valence electrons. The number of hydrogen-bond donors (Lipinski definition) is 0. The summed E-state index contributed by atoms with van der Waals surface area (Å²) in [5, 5.41) is 10.4. The van der Waals surface area contributed by atoms with Gasteiger partial charge in [0.2, 0.25) is 5.78 Å². The number of methoxy groups -OCH3 is 1. The fourth-order valence-corrected chi connectivity index (χ4v) is 5.43. The third-order valence-electron chi connectivity index (χ3n) is 5.88. The van der Waals surface area contributed by atoms with E-state index in [9.17, 15) is 4.79 Å². The highest BCUT2D eigenvalue weighted by atomic mass is 32.2. The van der Waals surface area contributed by atoms with Gasteiger partial charge in [-0.25, -0.2) is 4.57 Å². The van der Waals surface area contributed by atoms with E-state index in [-0.39, 0.29) is 5.56 Å². The van der Waals surface area contributed by atoms with Crippen LogP contribution in [0.5, 0.6) is 5.75 Å². The standard InChI is InChI=1S/C23H24N4O2S/c1-29-18-11-7-10-17(14-18)26-21(28)19-12-5-6-13-20(19)27-22(26)24-25-23(27)30-15-16-8-3-2-4-9-16/h5-7,10-14,16H,2-4,8-9,15H2,1H3. The Balaban J connectivity index is 1.67. The Morgan fingerprint density at radius 2 is 1.90 bits per heavy atom. The van der Waals surface area contributed by atoms with Crippen molar-refractivity contribution >= 4 is 28.4 Å². The van der Waals surface area contributed by atoms with Crippen molar-refractivity contribution in [1.29, 1.82) is 0 Å². The molecule has 7 heteroatoms. The second kappa shape index (κ2) is 8.14. The molecule has 4 aromatic rings. The third-order valence-corrected chi connectivity index (χ3v) is 7.04. The first-order chi connectivity index (χ1) is 14.8. The monoisotopic (exact) mass is 420 g/mol. The van der Waals surface area contributed by atoms with Gasteiger partial charge in [0.1, 0.15) is 5.75 Å². The molecule has 0 atom stereocenters.